The number of ether oxygens (including phenoxy) is 1. The number of fused-ring (bicyclic) bond motifs is 2. The van der Waals surface area contributed by atoms with Crippen molar-refractivity contribution < 1.29 is 22.3 Å². The van der Waals surface area contributed by atoms with Gasteiger partial charge in [-0.15, -0.1) is 0 Å². The number of benzene rings is 3. The molecule has 0 unspecified atom stereocenters. The third-order valence-corrected chi connectivity index (χ3v) is 7.07. The van der Waals surface area contributed by atoms with Crippen molar-refractivity contribution >= 4 is 38.2 Å². The molecule has 1 amide bonds. The van der Waals surface area contributed by atoms with Crippen molar-refractivity contribution in [2.45, 2.75) is 24.8 Å². The van der Waals surface area contributed by atoms with E-state index < -0.39 is 10.0 Å². The Labute approximate surface area is 196 Å². The SMILES string of the molecule is CC(=O)N1C[C@H](C)Oc2ccc(S(=O)(=O)Nc3cccc(-c4cc5cc(F)ccc5[nH]4)c3)cc21. The van der Waals surface area contributed by atoms with Crippen LogP contribution in [0.1, 0.15) is 13.8 Å². The van der Waals surface area contributed by atoms with Crippen LogP contribution >= 0.6 is 0 Å². The zero-order valence-electron chi connectivity index (χ0n) is 18.5. The van der Waals surface area contributed by atoms with E-state index in [1.165, 1.54) is 36.1 Å². The lowest BCUT2D eigenvalue weighted by atomic mass is 10.1. The zero-order valence-corrected chi connectivity index (χ0v) is 19.3. The van der Waals surface area contributed by atoms with Crippen LogP contribution in [-0.4, -0.2) is 32.0 Å². The van der Waals surface area contributed by atoms with Crippen LogP contribution in [0.25, 0.3) is 22.2 Å². The van der Waals surface area contributed by atoms with Crippen LogP contribution < -0.4 is 14.4 Å². The summed E-state index contributed by atoms with van der Waals surface area (Å²) in [5.74, 6) is -0.0530. The van der Waals surface area contributed by atoms with Gasteiger partial charge in [0.15, 0.2) is 0 Å². The van der Waals surface area contributed by atoms with Crippen LogP contribution in [0.15, 0.2) is 71.6 Å². The van der Waals surface area contributed by atoms with Gasteiger partial charge in [0.2, 0.25) is 5.91 Å². The third-order valence-electron chi connectivity index (χ3n) is 5.69. The molecule has 9 heteroatoms. The number of carbonyl (C=O) groups is 1. The molecule has 3 aromatic carbocycles. The van der Waals surface area contributed by atoms with Crippen LogP contribution in [0.3, 0.4) is 0 Å². The van der Waals surface area contributed by atoms with Crippen LogP contribution in [0.5, 0.6) is 5.75 Å². The predicted molar refractivity (Wildman–Crippen MR) is 129 cm³/mol. The second-order valence-corrected chi connectivity index (χ2v) is 9.97. The molecule has 34 heavy (non-hydrogen) atoms. The van der Waals surface area contributed by atoms with E-state index in [0.29, 0.717) is 23.7 Å². The molecule has 1 aliphatic rings. The Hall–Kier alpha value is -3.85. The number of halogens is 1. The van der Waals surface area contributed by atoms with Crippen molar-refractivity contribution in [1.82, 2.24) is 4.98 Å². The summed E-state index contributed by atoms with van der Waals surface area (Å²) in [6.07, 6.45) is -0.194. The van der Waals surface area contributed by atoms with Gasteiger partial charge in [0, 0.05) is 34.8 Å². The maximum absolute atomic E-state index is 13.5. The minimum absolute atomic E-state index is 0.0159. The smallest absolute Gasteiger partial charge is 0.261 e. The lowest BCUT2D eigenvalue weighted by Gasteiger charge is -2.33. The predicted octanol–water partition coefficient (Wildman–Crippen LogP) is 4.91. The fourth-order valence-electron chi connectivity index (χ4n) is 4.11. The lowest BCUT2D eigenvalue weighted by Crippen LogP contribution is -2.41. The average Bonchev–Trinajstić information content (AvgIpc) is 3.21. The quantitative estimate of drug-likeness (QED) is 0.435. The Bertz CT molecular complexity index is 1530. The highest BCUT2D eigenvalue weighted by molar-refractivity contribution is 7.92. The van der Waals surface area contributed by atoms with Crippen molar-refractivity contribution in [3.8, 4) is 17.0 Å². The number of aromatic amines is 1. The number of hydrogen-bond acceptors (Lipinski definition) is 4. The number of amides is 1. The van der Waals surface area contributed by atoms with E-state index in [4.69, 9.17) is 4.74 Å². The molecular formula is C25H22FN3O4S. The van der Waals surface area contributed by atoms with Gasteiger partial charge in [-0.2, -0.15) is 0 Å². The highest BCUT2D eigenvalue weighted by Gasteiger charge is 2.28. The minimum atomic E-state index is -3.94. The number of rotatable bonds is 4. The maximum Gasteiger partial charge on any atom is 0.261 e. The molecule has 4 aromatic rings. The Morgan fingerprint density at radius 3 is 2.74 bits per heavy atom. The summed E-state index contributed by atoms with van der Waals surface area (Å²) >= 11 is 0. The molecule has 1 aliphatic heterocycles. The molecule has 0 bridgehead atoms. The van der Waals surface area contributed by atoms with Crippen molar-refractivity contribution in [2.24, 2.45) is 0 Å². The molecule has 174 valence electrons. The highest BCUT2D eigenvalue weighted by Crippen LogP contribution is 2.36. The largest absolute Gasteiger partial charge is 0.487 e. The molecule has 0 spiro atoms. The Morgan fingerprint density at radius 1 is 1.12 bits per heavy atom. The molecule has 1 aromatic heterocycles. The standard InChI is InChI=1S/C25H22FN3O4S/c1-15-14-29(16(2)30)24-13-21(7-9-25(24)33-15)34(31,32)28-20-5-3-4-17(11-20)23-12-18-10-19(26)6-8-22(18)27-23/h3-13,15,27-28H,14H2,1-2H3/t15-/m0/s1. The molecular weight excluding hydrogens is 457 g/mol. The summed E-state index contributed by atoms with van der Waals surface area (Å²) in [4.78, 5) is 16.8. The van der Waals surface area contributed by atoms with Crippen LogP contribution in [0.2, 0.25) is 0 Å². The molecule has 0 saturated heterocycles. The number of nitrogens with zero attached hydrogens (tertiary/aromatic N) is 1. The summed E-state index contributed by atoms with van der Waals surface area (Å²) in [5, 5.41) is 0.724. The second kappa shape index (κ2) is 8.18. The summed E-state index contributed by atoms with van der Waals surface area (Å²) in [5.41, 5.74) is 3.05. The van der Waals surface area contributed by atoms with Crippen molar-refractivity contribution in [2.75, 3.05) is 16.2 Å². The van der Waals surface area contributed by atoms with Gasteiger partial charge in [0.25, 0.3) is 10.0 Å². The molecule has 2 heterocycles. The summed E-state index contributed by atoms with van der Waals surface area (Å²) in [6.45, 7) is 3.63. The Balaban J connectivity index is 1.45. The van der Waals surface area contributed by atoms with E-state index in [2.05, 4.69) is 9.71 Å². The first-order chi connectivity index (χ1) is 16.2. The fourth-order valence-corrected chi connectivity index (χ4v) is 5.17. The van der Waals surface area contributed by atoms with Gasteiger partial charge in [0.1, 0.15) is 17.7 Å². The first-order valence-electron chi connectivity index (χ1n) is 10.7. The van der Waals surface area contributed by atoms with Crippen LogP contribution in [0.4, 0.5) is 15.8 Å². The maximum atomic E-state index is 13.5. The Morgan fingerprint density at radius 2 is 1.94 bits per heavy atom. The molecule has 0 radical (unpaired) electrons. The van der Waals surface area contributed by atoms with Gasteiger partial charge in [0.05, 0.1) is 17.1 Å². The van der Waals surface area contributed by atoms with Gasteiger partial charge in [-0.25, -0.2) is 12.8 Å². The first kappa shape index (κ1) is 22.0. The average molecular weight is 480 g/mol. The monoisotopic (exact) mass is 479 g/mol. The van der Waals surface area contributed by atoms with Gasteiger partial charge in [-0.3, -0.25) is 9.52 Å². The topological polar surface area (TPSA) is 91.5 Å². The molecule has 5 rings (SSSR count). The lowest BCUT2D eigenvalue weighted by molar-refractivity contribution is -0.117. The minimum Gasteiger partial charge on any atom is -0.487 e. The molecule has 0 saturated carbocycles. The van der Waals surface area contributed by atoms with Crippen LogP contribution in [-0.2, 0) is 14.8 Å². The molecule has 2 N–H and O–H groups in total. The van der Waals surface area contributed by atoms with E-state index in [0.717, 1.165) is 22.2 Å². The van der Waals surface area contributed by atoms with Crippen molar-refractivity contribution in [3.63, 3.8) is 0 Å². The molecule has 1 atom stereocenters. The normalized spacial score (nSPS) is 15.6. The zero-order chi connectivity index (χ0) is 24.0. The van der Waals surface area contributed by atoms with E-state index in [1.54, 1.807) is 30.3 Å². The highest BCUT2D eigenvalue weighted by atomic mass is 32.2. The number of aromatic nitrogens is 1. The van der Waals surface area contributed by atoms with E-state index in [1.807, 2.05) is 19.1 Å². The fraction of sp³-hybridized carbons (Fsp3) is 0.160. The number of hydrogen-bond donors (Lipinski definition) is 2. The van der Waals surface area contributed by atoms with Gasteiger partial charge in [-0.1, -0.05) is 12.1 Å². The first-order valence-corrected chi connectivity index (χ1v) is 12.2. The molecule has 7 nitrogen and oxygen atoms in total. The number of carbonyl (C=O) groups excluding carboxylic acids is 1. The number of sulfonamides is 1. The number of anilines is 2. The molecule has 0 fully saturated rings. The summed E-state index contributed by atoms with van der Waals surface area (Å²) in [7, 11) is -3.94. The van der Waals surface area contributed by atoms with Crippen LogP contribution in [0, 0.1) is 5.82 Å². The number of H-pyrrole nitrogens is 1. The van der Waals surface area contributed by atoms with E-state index in [-0.39, 0.29) is 22.7 Å². The van der Waals surface area contributed by atoms with E-state index in [9.17, 15) is 17.6 Å². The molecule has 0 aliphatic carbocycles. The van der Waals surface area contributed by atoms with Gasteiger partial charge < -0.3 is 14.6 Å². The number of nitrogens with one attached hydrogen (secondary N) is 2. The summed E-state index contributed by atoms with van der Waals surface area (Å²) in [6, 6.07) is 17.7. The van der Waals surface area contributed by atoms with Crippen molar-refractivity contribution in [3.05, 3.63) is 72.5 Å². The summed E-state index contributed by atoms with van der Waals surface area (Å²) < 4.78 is 48.2. The third kappa shape index (κ3) is 4.10. The Kier molecular flexibility index (Phi) is 5.28. The second-order valence-electron chi connectivity index (χ2n) is 8.29. The van der Waals surface area contributed by atoms with Gasteiger partial charge >= 0.3 is 0 Å². The van der Waals surface area contributed by atoms with Crippen molar-refractivity contribution in [1.29, 1.82) is 0 Å². The van der Waals surface area contributed by atoms with E-state index >= 15 is 0 Å². The van der Waals surface area contributed by atoms with Gasteiger partial charge in [-0.05, 0) is 61.5 Å².